The van der Waals surface area contributed by atoms with E-state index in [1.54, 1.807) is 0 Å². The van der Waals surface area contributed by atoms with Crippen molar-refractivity contribution in [2.75, 3.05) is 6.54 Å². The second kappa shape index (κ2) is 3.87. The van der Waals surface area contributed by atoms with Crippen molar-refractivity contribution in [1.29, 1.82) is 0 Å². The van der Waals surface area contributed by atoms with Crippen molar-refractivity contribution in [1.82, 2.24) is 10.1 Å². The third kappa shape index (κ3) is 1.88. The lowest BCUT2D eigenvalue weighted by Gasteiger charge is -2.20. The van der Waals surface area contributed by atoms with E-state index in [-0.39, 0.29) is 0 Å². The molecule has 1 fully saturated rings. The molecule has 1 aliphatic carbocycles. The molecule has 1 heterocycles. The second-order valence-corrected chi connectivity index (χ2v) is 3.57. The zero-order valence-electron chi connectivity index (χ0n) is 7.70. The molecule has 0 aliphatic heterocycles. The topological polar surface area (TPSA) is 64.9 Å². The molecule has 2 rings (SSSR count). The molecule has 0 radical (unpaired) electrons. The van der Waals surface area contributed by atoms with Crippen LogP contribution in [0, 0.1) is 0 Å². The van der Waals surface area contributed by atoms with Crippen LogP contribution in [0.25, 0.3) is 0 Å². The fourth-order valence-corrected chi connectivity index (χ4v) is 1.46. The molecule has 1 aromatic heterocycles. The summed E-state index contributed by atoms with van der Waals surface area (Å²) in [5.74, 6) is 2.21. The zero-order valence-corrected chi connectivity index (χ0v) is 7.70. The van der Waals surface area contributed by atoms with Crippen LogP contribution in [0.4, 0.5) is 0 Å². The van der Waals surface area contributed by atoms with Gasteiger partial charge in [-0.1, -0.05) is 11.6 Å². The van der Waals surface area contributed by atoms with Gasteiger partial charge < -0.3 is 10.3 Å². The van der Waals surface area contributed by atoms with Crippen LogP contribution in [0.2, 0.25) is 0 Å². The van der Waals surface area contributed by atoms with Gasteiger partial charge in [0.15, 0.2) is 5.82 Å². The molecule has 1 aromatic rings. The molecule has 0 amide bonds. The fourth-order valence-electron chi connectivity index (χ4n) is 1.46. The summed E-state index contributed by atoms with van der Waals surface area (Å²) in [6, 6.07) is 0. The third-order valence-electron chi connectivity index (χ3n) is 2.55. The Hall–Kier alpha value is -0.900. The minimum absolute atomic E-state index is 0.565. The Balaban J connectivity index is 1.92. The number of hydrogen-bond acceptors (Lipinski definition) is 4. The van der Waals surface area contributed by atoms with Gasteiger partial charge in [-0.2, -0.15) is 4.98 Å². The van der Waals surface area contributed by atoms with Gasteiger partial charge in [0.1, 0.15) is 0 Å². The summed E-state index contributed by atoms with van der Waals surface area (Å²) in [5.41, 5.74) is 5.39. The average Bonchev–Trinajstić information content (AvgIpc) is 2.46. The van der Waals surface area contributed by atoms with E-state index >= 15 is 0 Å². The van der Waals surface area contributed by atoms with Gasteiger partial charge in [-0.3, -0.25) is 0 Å². The minimum Gasteiger partial charge on any atom is -0.339 e. The first-order chi connectivity index (χ1) is 6.40. The zero-order chi connectivity index (χ0) is 9.10. The van der Waals surface area contributed by atoms with Crippen LogP contribution in [-0.4, -0.2) is 16.7 Å². The number of aromatic nitrogens is 2. The first-order valence-corrected chi connectivity index (χ1v) is 4.92. The van der Waals surface area contributed by atoms with E-state index in [2.05, 4.69) is 10.1 Å². The van der Waals surface area contributed by atoms with Crippen molar-refractivity contribution in [2.45, 2.75) is 38.0 Å². The van der Waals surface area contributed by atoms with Crippen LogP contribution >= 0.6 is 0 Å². The van der Waals surface area contributed by atoms with Gasteiger partial charge in [-0.05, 0) is 25.8 Å². The largest absolute Gasteiger partial charge is 0.339 e. The smallest absolute Gasteiger partial charge is 0.226 e. The Morgan fingerprint density at radius 3 is 2.92 bits per heavy atom. The Labute approximate surface area is 77.5 Å². The second-order valence-electron chi connectivity index (χ2n) is 3.57. The van der Waals surface area contributed by atoms with Crippen molar-refractivity contribution >= 4 is 0 Å². The molecule has 4 heteroatoms. The van der Waals surface area contributed by atoms with Gasteiger partial charge in [0.05, 0.1) is 0 Å². The number of hydrogen-bond donors (Lipinski definition) is 1. The molecule has 0 saturated heterocycles. The third-order valence-corrected chi connectivity index (χ3v) is 2.55. The number of nitrogens with two attached hydrogens (primary N) is 1. The summed E-state index contributed by atoms with van der Waals surface area (Å²) >= 11 is 0. The Kier molecular flexibility index (Phi) is 2.59. The average molecular weight is 181 g/mol. The lowest BCUT2D eigenvalue weighted by Crippen LogP contribution is -2.10. The molecule has 0 bridgehead atoms. The molecule has 0 atom stereocenters. The van der Waals surface area contributed by atoms with Gasteiger partial charge >= 0.3 is 0 Å². The maximum atomic E-state index is 5.39. The first-order valence-electron chi connectivity index (χ1n) is 4.92. The fraction of sp³-hybridized carbons (Fsp3) is 0.778. The van der Waals surface area contributed by atoms with E-state index in [1.807, 2.05) is 0 Å². The van der Waals surface area contributed by atoms with Gasteiger partial charge in [0.2, 0.25) is 5.89 Å². The van der Waals surface area contributed by atoms with E-state index in [4.69, 9.17) is 10.3 Å². The van der Waals surface area contributed by atoms with Crippen molar-refractivity contribution in [3.05, 3.63) is 11.7 Å². The van der Waals surface area contributed by atoms with Gasteiger partial charge in [0, 0.05) is 12.3 Å². The van der Waals surface area contributed by atoms with Gasteiger partial charge in [0.25, 0.3) is 0 Å². The van der Waals surface area contributed by atoms with E-state index in [0.717, 1.165) is 24.6 Å². The first kappa shape index (κ1) is 8.69. The molecule has 2 N–H and O–H groups in total. The summed E-state index contributed by atoms with van der Waals surface area (Å²) < 4.78 is 5.11. The standard InChI is InChI=1S/C9H15N3O/c10-6-2-5-8-11-9(12-13-8)7-3-1-4-7/h7H,1-6,10H2. The van der Waals surface area contributed by atoms with Crippen LogP contribution in [-0.2, 0) is 6.42 Å². The highest BCUT2D eigenvalue weighted by atomic mass is 16.5. The van der Waals surface area contributed by atoms with E-state index in [0.29, 0.717) is 12.5 Å². The monoisotopic (exact) mass is 181 g/mol. The van der Waals surface area contributed by atoms with Crippen molar-refractivity contribution in [3.63, 3.8) is 0 Å². The van der Waals surface area contributed by atoms with Crippen LogP contribution in [0.3, 0.4) is 0 Å². The van der Waals surface area contributed by atoms with E-state index in [1.165, 1.54) is 19.3 Å². The maximum absolute atomic E-state index is 5.39. The van der Waals surface area contributed by atoms with Gasteiger partial charge in [-0.25, -0.2) is 0 Å². The summed E-state index contributed by atoms with van der Waals surface area (Å²) in [5, 5.41) is 3.96. The quantitative estimate of drug-likeness (QED) is 0.758. The summed E-state index contributed by atoms with van der Waals surface area (Å²) in [7, 11) is 0. The molecule has 0 aromatic carbocycles. The molecule has 1 saturated carbocycles. The molecule has 0 unspecified atom stereocenters. The lowest BCUT2D eigenvalue weighted by atomic mass is 9.85. The number of aryl methyl sites for hydroxylation is 1. The molecular formula is C9H15N3O. The predicted molar refractivity (Wildman–Crippen MR) is 48.3 cm³/mol. The summed E-state index contributed by atoms with van der Waals surface area (Å²) in [6.07, 6.45) is 5.48. The normalized spacial score (nSPS) is 17.3. The summed E-state index contributed by atoms with van der Waals surface area (Å²) in [4.78, 5) is 4.34. The molecule has 4 nitrogen and oxygen atoms in total. The highest BCUT2D eigenvalue weighted by molar-refractivity contribution is 4.99. The SMILES string of the molecule is NCCCc1nc(C2CCC2)no1. The van der Waals surface area contributed by atoms with Crippen LogP contribution in [0.15, 0.2) is 4.52 Å². The maximum Gasteiger partial charge on any atom is 0.226 e. The van der Waals surface area contributed by atoms with Crippen LogP contribution in [0.1, 0.15) is 43.3 Å². The predicted octanol–water partition coefficient (Wildman–Crippen LogP) is 1.23. The van der Waals surface area contributed by atoms with E-state index < -0.39 is 0 Å². The number of rotatable bonds is 4. The van der Waals surface area contributed by atoms with Crippen molar-refractivity contribution in [3.8, 4) is 0 Å². The van der Waals surface area contributed by atoms with Crippen LogP contribution < -0.4 is 5.73 Å². The molecule has 72 valence electrons. The Morgan fingerprint density at radius 2 is 2.31 bits per heavy atom. The molecular weight excluding hydrogens is 166 g/mol. The highest BCUT2D eigenvalue weighted by Crippen LogP contribution is 2.34. The highest BCUT2D eigenvalue weighted by Gasteiger charge is 2.24. The Bertz CT molecular complexity index is 268. The van der Waals surface area contributed by atoms with Crippen molar-refractivity contribution in [2.24, 2.45) is 5.73 Å². The minimum atomic E-state index is 0.565. The summed E-state index contributed by atoms with van der Waals surface area (Å²) in [6.45, 7) is 0.682. The number of nitrogens with zero attached hydrogens (tertiary/aromatic N) is 2. The molecule has 0 spiro atoms. The molecule has 13 heavy (non-hydrogen) atoms. The van der Waals surface area contributed by atoms with Gasteiger partial charge in [-0.15, -0.1) is 0 Å². The lowest BCUT2D eigenvalue weighted by molar-refractivity contribution is 0.346. The van der Waals surface area contributed by atoms with Crippen LogP contribution in [0.5, 0.6) is 0 Å². The Morgan fingerprint density at radius 1 is 1.46 bits per heavy atom. The van der Waals surface area contributed by atoms with Crippen molar-refractivity contribution < 1.29 is 4.52 Å². The van der Waals surface area contributed by atoms with E-state index in [9.17, 15) is 0 Å². The molecule has 1 aliphatic rings.